The van der Waals surface area contributed by atoms with E-state index in [1.807, 2.05) is 0 Å². The van der Waals surface area contributed by atoms with Crippen LogP contribution in [0.3, 0.4) is 0 Å². The Kier molecular flexibility index (Phi) is 2.12. The molecule has 2 aliphatic heterocycles. The van der Waals surface area contributed by atoms with E-state index >= 15 is 0 Å². The molecular weight excluding hydrogens is 174 g/mol. The molecule has 2 heterocycles. The van der Waals surface area contributed by atoms with E-state index in [4.69, 9.17) is 0 Å². The molecule has 1 N–H and O–H groups in total. The topological polar surface area (TPSA) is 29.1 Å². The first kappa shape index (κ1) is 8.90. The quantitative estimate of drug-likeness (QED) is 0.689. The van der Waals surface area contributed by atoms with Gasteiger partial charge in [-0.2, -0.15) is 0 Å². The third-order valence-electron chi connectivity index (χ3n) is 4.44. The predicted octanol–water partition coefficient (Wildman–Crippen LogP) is 1.89. The second kappa shape index (κ2) is 3.34. The molecule has 1 saturated carbocycles. The molecule has 2 nitrogen and oxygen atoms in total. The third kappa shape index (κ3) is 1.31. The van der Waals surface area contributed by atoms with Gasteiger partial charge in [0.1, 0.15) is 5.78 Å². The normalized spacial score (nSPS) is 43.4. The van der Waals surface area contributed by atoms with Crippen LogP contribution in [0.5, 0.6) is 0 Å². The number of hydrogen-bond donors (Lipinski definition) is 1. The number of hydrogen-bond acceptors (Lipinski definition) is 2. The Morgan fingerprint density at radius 3 is 2.64 bits per heavy atom. The van der Waals surface area contributed by atoms with Crippen LogP contribution in [0.25, 0.3) is 0 Å². The molecule has 3 fully saturated rings. The maximum absolute atomic E-state index is 12.0. The Balaban J connectivity index is 1.78. The van der Waals surface area contributed by atoms with Gasteiger partial charge in [-0.1, -0.05) is 12.8 Å². The molecule has 2 heteroatoms. The van der Waals surface area contributed by atoms with E-state index < -0.39 is 0 Å². The van der Waals surface area contributed by atoms with Crippen LogP contribution in [0.1, 0.15) is 44.9 Å². The van der Waals surface area contributed by atoms with E-state index in [0.717, 1.165) is 12.3 Å². The fourth-order valence-electron chi connectivity index (χ4n) is 3.81. The van der Waals surface area contributed by atoms with Crippen LogP contribution >= 0.6 is 0 Å². The fraction of sp³-hybridized carbons (Fsp3) is 0.917. The summed E-state index contributed by atoms with van der Waals surface area (Å²) in [5.41, 5.74) is 0. The molecule has 14 heavy (non-hydrogen) atoms. The first-order chi connectivity index (χ1) is 6.84. The smallest absolute Gasteiger partial charge is 0.139 e. The molecule has 1 aliphatic carbocycles. The van der Waals surface area contributed by atoms with Crippen LogP contribution in [0.4, 0.5) is 0 Å². The van der Waals surface area contributed by atoms with Crippen molar-refractivity contribution in [3.8, 4) is 0 Å². The Labute approximate surface area is 85.4 Å². The molecule has 2 saturated heterocycles. The van der Waals surface area contributed by atoms with Crippen molar-refractivity contribution in [1.29, 1.82) is 0 Å². The van der Waals surface area contributed by atoms with E-state index in [2.05, 4.69) is 5.32 Å². The number of nitrogens with one attached hydrogen (secondary N) is 1. The Morgan fingerprint density at radius 1 is 1.07 bits per heavy atom. The summed E-state index contributed by atoms with van der Waals surface area (Å²) in [6, 6.07) is 1.08. The van der Waals surface area contributed by atoms with Crippen molar-refractivity contribution >= 4 is 5.78 Å². The molecule has 3 unspecified atom stereocenters. The molecule has 0 amide bonds. The molecule has 2 bridgehead atoms. The second-order valence-corrected chi connectivity index (χ2v) is 5.29. The van der Waals surface area contributed by atoms with Crippen molar-refractivity contribution in [3.05, 3.63) is 0 Å². The molecule has 3 aliphatic rings. The molecule has 3 atom stereocenters. The standard InChI is InChI=1S/C12H19NO/c14-11-7-9-5-6-10(13-9)12(11)8-3-1-2-4-8/h8-10,12-13H,1-7H2. The van der Waals surface area contributed by atoms with Gasteiger partial charge in [-0.3, -0.25) is 4.79 Å². The monoisotopic (exact) mass is 193 g/mol. The average molecular weight is 193 g/mol. The zero-order valence-electron chi connectivity index (χ0n) is 8.67. The summed E-state index contributed by atoms with van der Waals surface area (Å²) in [6.07, 6.45) is 8.61. The number of carbonyl (C=O) groups is 1. The molecule has 0 aromatic rings. The highest BCUT2D eigenvalue weighted by Gasteiger charge is 2.44. The number of fused-ring (bicyclic) bond motifs is 2. The number of piperidine rings is 1. The van der Waals surface area contributed by atoms with Gasteiger partial charge in [0.25, 0.3) is 0 Å². The van der Waals surface area contributed by atoms with E-state index in [9.17, 15) is 4.79 Å². The Bertz CT molecular complexity index is 243. The van der Waals surface area contributed by atoms with Gasteiger partial charge in [-0.05, 0) is 31.6 Å². The maximum Gasteiger partial charge on any atom is 0.139 e. The number of ketones is 1. The highest BCUT2D eigenvalue weighted by molar-refractivity contribution is 5.84. The molecule has 0 aromatic heterocycles. The molecular formula is C12H19NO. The van der Waals surface area contributed by atoms with Crippen LogP contribution in [-0.2, 0) is 4.79 Å². The third-order valence-corrected chi connectivity index (χ3v) is 4.44. The van der Waals surface area contributed by atoms with Crippen LogP contribution in [0.2, 0.25) is 0 Å². The first-order valence-electron chi connectivity index (χ1n) is 6.13. The van der Waals surface area contributed by atoms with Gasteiger partial charge in [-0.25, -0.2) is 0 Å². The lowest BCUT2D eigenvalue weighted by atomic mass is 9.79. The number of rotatable bonds is 1. The lowest BCUT2D eigenvalue weighted by Crippen LogP contribution is -2.48. The zero-order chi connectivity index (χ0) is 9.54. The largest absolute Gasteiger partial charge is 0.310 e. The summed E-state index contributed by atoms with van der Waals surface area (Å²) in [4.78, 5) is 12.0. The van der Waals surface area contributed by atoms with Gasteiger partial charge in [0.05, 0.1) is 0 Å². The number of Topliss-reactive ketones (excluding diaryl/α,β-unsaturated/α-hetero) is 1. The summed E-state index contributed by atoms with van der Waals surface area (Å²) < 4.78 is 0. The highest BCUT2D eigenvalue weighted by atomic mass is 16.1. The second-order valence-electron chi connectivity index (χ2n) is 5.29. The summed E-state index contributed by atoms with van der Waals surface area (Å²) in [7, 11) is 0. The SMILES string of the molecule is O=C1CC2CCC(N2)C1C1CCCC1. The predicted molar refractivity (Wildman–Crippen MR) is 55.0 cm³/mol. The van der Waals surface area contributed by atoms with Crippen LogP contribution in [-0.4, -0.2) is 17.9 Å². The van der Waals surface area contributed by atoms with Crippen LogP contribution < -0.4 is 5.32 Å². The van der Waals surface area contributed by atoms with Crippen molar-refractivity contribution in [3.63, 3.8) is 0 Å². The number of carbonyl (C=O) groups excluding carboxylic acids is 1. The van der Waals surface area contributed by atoms with Crippen molar-refractivity contribution in [2.45, 2.75) is 57.0 Å². The minimum atomic E-state index is 0.385. The molecule has 0 aromatic carbocycles. The zero-order valence-corrected chi connectivity index (χ0v) is 8.67. The minimum Gasteiger partial charge on any atom is -0.310 e. The van der Waals surface area contributed by atoms with Gasteiger partial charge in [0.2, 0.25) is 0 Å². The van der Waals surface area contributed by atoms with Crippen molar-refractivity contribution in [1.82, 2.24) is 5.32 Å². The van der Waals surface area contributed by atoms with E-state index in [-0.39, 0.29) is 0 Å². The van der Waals surface area contributed by atoms with E-state index in [0.29, 0.717) is 23.8 Å². The molecule has 0 spiro atoms. The summed E-state index contributed by atoms with van der Waals surface area (Å²) in [5, 5.41) is 3.63. The summed E-state index contributed by atoms with van der Waals surface area (Å²) in [5.74, 6) is 1.68. The van der Waals surface area contributed by atoms with Crippen LogP contribution in [0, 0.1) is 11.8 Å². The van der Waals surface area contributed by atoms with Gasteiger partial charge >= 0.3 is 0 Å². The van der Waals surface area contributed by atoms with Crippen molar-refractivity contribution < 1.29 is 4.79 Å². The highest BCUT2D eigenvalue weighted by Crippen LogP contribution is 2.40. The first-order valence-corrected chi connectivity index (χ1v) is 6.13. The molecule has 0 radical (unpaired) electrons. The lowest BCUT2D eigenvalue weighted by Gasteiger charge is -2.33. The Hall–Kier alpha value is -0.370. The van der Waals surface area contributed by atoms with Crippen molar-refractivity contribution in [2.75, 3.05) is 0 Å². The van der Waals surface area contributed by atoms with Crippen molar-refractivity contribution in [2.24, 2.45) is 11.8 Å². The van der Waals surface area contributed by atoms with Gasteiger partial charge in [-0.15, -0.1) is 0 Å². The van der Waals surface area contributed by atoms with Crippen LogP contribution in [0.15, 0.2) is 0 Å². The Morgan fingerprint density at radius 2 is 1.86 bits per heavy atom. The molecule has 78 valence electrons. The lowest BCUT2D eigenvalue weighted by molar-refractivity contribution is -0.127. The van der Waals surface area contributed by atoms with Gasteiger partial charge < -0.3 is 5.32 Å². The fourth-order valence-corrected chi connectivity index (χ4v) is 3.81. The maximum atomic E-state index is 12.0. The van der Waals surface area contributed by atoms with Gasteiger partial charge in [0, 0.05) is 24.4 Å². The summed E-state index contributed by atoms with van der Waals surface area (Å²) in [6.45, 7) is 0. The molecule has 3 rings (SSSR count). The van der Waals surface area contributed by atoms with E-state index in [1.165, 1.54) is 38.5 Å². The summed E-state index contributed by atoms with van der Waals surface area (Å²) >= 11 is 0. The van der Waals surface area contributed by atoms with Gasteiger partial charge in [0.15, 0.2) is 0 Å². The average Bonchev–Trinajstić information content (AvgIpc) is 2.77. The van der Waals surface area contributed by atoms with E-state index in [1.54, 1.807) is 0 Å². The minimum absolute atomic E-state index is 0.385.